The van der Waals surface area contributed by atoms with E-state index < -0.39 is 0 Å². The summed E-state index contributed by atoms with van der Waals surface area (Å²) in [4.78, 5) is 28.7. The highest BCUT2D eigenvalue weighted by Gasteiger charge is 2.24. The summed E-state index contributed by atoms with van der Waals surface area (Å²) in [5.41, 5.74) is 2.61. The number of nitrogens with one attached hydrogen (secondary N) is 2. The van der Waals surface area contributed by atoms with Gasteiger partial charge in [0.15, 0.2) is 5.76 Å². The molecule has 2 N–H and O–H groups in total. The molecule has 1 heterocycles. The van der Waals surface area contributed by atoms with E-state index in [1.165, 1.54) is 6.26 Å². The van der Waals surface area contributed by atoms with E-state index >= 15 is 0 Å². The minimum absolute atomic E-state index is 0.0348. The van der Waals surface area contributed by atoms with E-state index in [0.717, 1.165) is 17.7 Å². The Labute approximate surface area is 166 Å². The van der Waals surface area contributed by atoms with Crippen LogP contribution in [0.5, 0.6) is 0 Å². The van der Waals surface area contributed by atoms with Crippen LogP contribution >= 0.6 is 0 Å². The number of rotatable bonds is 8. The van der Waals surface area contributed by atoms with Crippen LogP contribution in [0, 0.1) is 0 Å². The van der Waals surface area contributed by atoms with Crippen molar-refractivity contribution in [2.45, 2.75) is 39.8 Å². The average Bonchev–Trinajstić information content (AvgIpc) is 3.19. The van der Waals surface area contributed by atoms with Crippen molar-refractivity contribution >= 4 is 23.3 Å². The predicted octanol–water partition coefficient (Wildman–Crippen LogP) is 3.93. The molecule has 0 saturated heterocycles. The van der Waals surface area contributed by atoms with E-state index in [1.807, 2.05) is 58.0 Å². The number of carbonyl (C=O) groups is 2. The van der Waals surface area contributed by atoms with E-state index in [-0.39, 0.29) is 18.0 Å². The van der Waals surface area contributed by atoms with Gasteiger partial charge in [0, 0.05) is 44.6 Å². The summed E-state index contributed by atoms with van der Waals surface area (Å²) in [6.07, 6.45) is 2.32. The Morgan fingerprint density at radius 2 is 1.93 bits per heavy atom. The van der Waals surface area contributed by atoms with E-state index in [4.69, 9.17) is 4.42 Å². The zero-order valence-corrected chi connectivity index (χ0v) is 17.3. The first kappa shape index (κ1) is 21.3. The quantitative estimate of drug-likeness (QED) is 0.721. The number of benzene rings is 1. The largest absolute Gasteiger partial charge is 0.459 e. The number of furan rings is 1. The molecule has 7 heteroatoms. The third kappa shape index (κ3) is 5.28. The van der Waals surface area contributed by atoms with Gasteiger partial charge >= 0.3 is 6.03 Å². The molecule has 0 unspecified atom stereocenters. The van der Waals surface area contributed by atoms with Crippen LogP contribution in [-0.2, 0) is 6.54 Å². The van der Waals surface area contributed by atoms with Crippen LogP contribution in [0.4, 0.5) is 16.2 Å². The Balaban J connectivity index is 2.35. The van der Waals surface area contributed by atoms with Crippen LogP contribution in [0.2, 0.25) is 0 Å². The SMILES string of the molecule is CCNC(=O)Nc1ccc(N(C)C)c(CN(C(=O)c2ccco2)[C@H](C)CC)c1. The highest BCUT2D eigenvalue weighted by Crippen LogP contribution is 2.26. The van der Waals surface area contributed by atoms with Crippen molar-refractivity contribution in [3.8, 4) is 0 Å². The second-order valence-corrected chi connectivity index (χ2v) is 6.89. The van der Waals surface area contributed by atoms with E-state index in [0.29, 0.717) is 24.5 Å². The maximum atomic E-state index is 13.0. The summed E-state index contributed by atoms with van der Waals surface area (Å²) >= 11 is 0. The smallest absolute Gasteiger partial charge is 0.319 e. The first-order valence-electron chi connectivity index (χ1n) is 9.56. The Kier molecular flexibility index (Phi) is 7.49. The minimum Gasteiger partial charge on any atom is -0.459 e. The average molecular weight is 386 g/mol. The first-order chi connectivity index (χ1) is 13.4. The Bertz CT molecular complexity index is 787. The lowest BCUT2D eigenvalue weighted by atomic mass is 10.1. The summed E-state index contributed by atoms with van der Waals surface area (Å²) < 4.78 is 5.32. The van der Waals surface area contributed by atoms with Crippen molar-refractivity contribution in [3.05, 3.63) is 47.9 Å². The van der Waals surface area contributed by atoms with Gasteiger partial charge in [-0.25, -0.2) is 4.79 Å². The van der Waals surface area contributed by atoms with Crippen LogP contribution in [-0.4, -0.2) is 43.5 Å². The van der Waals surface area contributed by atoms with Crippen molar-refractivity contribution in [1.29, 1.82) is 0 Å². The lowest BCUT2D eigenvalue weighted by molar-refractivity contribution is 0.0639. The Hall–Kier alpha value is -2.96. The van der Waals surface area contributed by atoms with Gasteiger partial charge in [0.25, 0.3) is 5.91 Å². The summed E-state index contributed by atoms with van der Waals surface area (Å²) in [7, 11) is 3.91. The molecule has 28 heavy (non-hydrogen) atoms. The fourth-order valence-electron chi connectivity index (χ4n) is 2.94. The van der Waals surface area contributed by atoms with E-state index in [9.17, 15) is 9.59 Å². The fourth-order valence-corrected chi connectivity index (χ4v) is 2.94. The van der Waals surface area contributed by atoms with Crippen LogP contribution in [0.3, 0.4) is 0 Å². The number of carbonyl (C=O) groups excluding carboxylic acids is 2. The monoisotopic (exact) mass is 386 g/mol. The van der Waals surface area contributed by atoms with Crippen molar-refractivity contribution in [2.75, 3.05) is 30.9 Å². The molecule has 1 aromatic carbocycles. The van der Waals surface area contributed by atoms with Crippen molar-refractivity contribution in [3.63, 3.8) is 0 Å². The summed E-state index contributed by atoms with van der Waals surface area (Å²) in [6, 6.07) is 8.89. The number of anilines is 2. The zero-order chi connectivity index (χ0) is 20.7. The predicted molar refractivity (Wildman–Crippen MR) is 112 cm³/mol. The van der Waals surface area contributed by atoms with Gasteiger partial charge in [-0.2, -0.15) is 0 Å². The second-order valence-electron chi connectivity index (χ2n) is 6.89. The molecule has 2 rings (SSSR count). The maximum Gasteiger partial charge on any atom is 0.319 e. The van der Waals surface area contributed by atoms with Crippen molar-refractivity contribution in [1.82, 2.24) is 10.2 Å². The van der Waals surface area contributed by atoms with Gasteiger partial charge in [-0.3, -0.25) is 4.79 Å². The molecule has 0 spiro atoms. The molecule has 0 aliphatic heterocycles. The highest BCUT2D eigenvalue weighted by atomic mass is 16.3. The summed E-state index contributed by atoms with van der Waals surface area (Å²) in [5, 5.41) is 5.55. The maximum absolute atomic E-state index is 13.0. The van der Waals surface area contributed by atoms with Gasteiger partial charge < -0.3 is 24.9 Å². The van der Waals surface area contributed by atoms with Gasteiger partial charge in [0.1, 0.15) is 0 Å². The lowest BCUT2D eigenvalue weighted by Crippen LogP contribution is -2.38. The summed E-state index contributed by atoms with van der Waals surface area (Å²) in [6.45, 7) is 6.89. The molecular weight excluding hydrogens is 356 g/mol. The van der Waals surface area contributed by atoms with Gasteiger partial charge in [0.2, 0.25) is 0 Å². The van der Waals surface area contributed by atoms with E-state index in [2.05, 4.69) is 10.6 Å². The van der Waals surface area contributed by atoms with Crippen LogP contribution in [0.1, 0.15) is 43.3 Å². The third-order valence-corrected chi connectivity index (χ3v) is 4.61. The molecule has 0 aliphatic rings. The van der Waals surface area contributed by atoms with Crippen molar-refractivity contribution < 1.29 is 14.0 Å². The molecule has 0 fully saturated rings. The van der Waals surface area contributed by atoms with Crippen LogP contribution < -0.4 is 15.5 Å². The number of urea groups is 1. The third-order valence-electron chi connectivity index (χ3n) is 4.61. The standard InChI is InChI=1S/C21H30N4O3/c1-6-15(3)25(20(26)19-9-8-12-28-19)14-16-13-17(23-21(27)22-7-2)10-11-18(16)24(4)5/h8-13,15H,6-7,14H2,1-5H3,(H2,22,23,27)/t15-/m1/s1. The normalized spacial score (nSPS) is 11.6. The van der Waals surface area contributed by atoms with Gasteiger partial charge in [-0.15, -0.1) is 0 Å². The highest BCUT2D eigenvalue weighted by molar-refractivity contribution is 5.92. The molecule has 0 aliphatic carbocycles. The molecule has 1 atom stereocenters. The van der Waals surface area contributed by atoms with Crippen LogP contribution in [0.15, 0.2) is 41.0 Å². The molecule has 2 aromatic rings. The van der Waals surface area contributed by atoms with Crippen molar-refractivity contribution in [2.24, 2.45) is 0 Å². The molecule has 0 bridgehead atoms. The molecule has 0 radical (unpaired) electrons. The fraction of sp³-hybridized carbons (Fsp3) is 0.429. The second kappa shape index (κ2) is 9.82. The Morgan fingerprint density at radius 3 is 2.50 bits per heavy atom. The molecule has 3 amide bonds. The van der Waals surface area contributed by atoms with Crippen LogP contribution in [0.25, 0.3) is 0 Å². The minimum atomic E-state index is -0.253. The number of hydrogen-bond acceptors (Lipinski definition) is 4. The molecule has 7 nitrogen and oxygen atoms in total. The molecule has 152 valence electrons. The van der Waals surface area contributed by atoms with Gasteiger partial charge in [0.05, 0.1) is 6.26 Å². The molecule has 0 saturated carbocycles. The number of hydrogen-bond donors (Lipinski definition) is 2. The summed E-state index contributed by atoms with van der Waals surface area (Å²) in [5.74, 6) is 0.175. The molecular formula is C21H30N4O3. The lowest BCUT2D eigenvalue weighted by Gasteiger charge is -2.30. The Morgan fingerprint density at radius 1 is 1.18 bits per heavy atom. The topological polar surface area (TPSA) is 77.8 Å². The van der Waals surface area contributed by atoms with Gasteiger partial charge in [-0.05, 0) is 56.2 Å². The van der Waals surface area contributed by atoms with Gasteiger partial charge in [-0.1, -0.05) is 6.92 Å². The first-order valence-corrected chi connectivity index (χ1v) is 9.56. The van der Waals surface area contributed by atoms with E-state index in [1.54, 1.807) is 17.0 Å². The number of amides is 3. The number of nitrogens with zero attached hydrogens (tertiary/aromatic N) is 2. The zero-order valence-electron chi connectivity index (χ0n) is 17.3. The molecule has 1 aromatic heterocycles.